The van der Waals surface area contributed by atoms with Crippen LogP contribution < -0.4 is 4.74 Å². The standard InChI is InChI=1S/C17H24N2O2/c1-21-16-6-4-14(5-7-16)17(20)13-18-11-8-15(12-18)19-9-2-3-10-19/h4-7,15H,2-3,8-13H2,1H3. The number of nitrogens with zero attached hydrogens (tertiary/aromatic N) is 2. The van der Waals surface area contributed by atoms with E-state index in [-0.39, 0.29) is 5.78 Å². The molecule has 3 rings (SSSR count). The molecular weight excluding hydrogens is 264 g/mol. The molecule has 2 heterocycles. The highest BCUT2D eigenvalue weighted by Crippen LogP contribution is 2.21. The number of carbonyl (C=O) groups is 1. The quantitative estimate of drug-likeness (QED) is 0.776. The van der Waals surface area contributed by atoms with Crippen molar-refractivity contribution in [2.24, 2.45) is 0 Å². The van der Waals surface area contributed by atoms with Crippen LogP contribution in [-0.4, -0.2) is 61.5 Å². The Hall–Kier alpha value is -1.39. The number of benzene rings is 1. The number of methoxy groups -OCH3 is 1. The van der Waals surface area contributed by atoms with Crippen LogP contribution in [0.5, 0.6) is 5.75 Å². The second-order valence-electron chi connectivity index (χ2n) is 6.07. The number of Topliss-reactive ketones (excluding diaryl/α,β-unsaturated/α-hetero) is 1. The predicted molar refractivity (Wildman–Crippen MR) is 83.0 cm³/mol. The molecule has 2 fully saturated rings. The largest absolute Gasteiger partial charge is 0.497 e. The topological polar surface area (TPSA) is 32.8 Å². The lowest BCUT2D eigenvalue weighted by molar-refractivity contribution is 0.0940. The van der Waals surface area contributed by atoms with Gasteiger partial charge in [0.15, 0.2) is 5.78 Å². The summed E-state index contributed by atoms with van der Waals surface area (Å²) in [7, 11) is 1.64. The van der Waals surface area contributed by atoms with Gasteiger partial charge in [-0.2, -0.15) is 0 Å². The van der Waals surface area contributed by atoms with E-state index in [1.165, 1.54) is 32.4 Å². The van der Waals surface area contributed by atoms with Gasteiger partial charge in [0.1, 0.15) is 5.75 Å². The Balaban J connectivity index is 1.52. The molecule has 1 atom stereocenters. The molecule has 1 unspecified atom stereocenters. The van der Waals surface area contributed by atoms with Crippen molar-refractivity contribution in [2.45, 2.75) is 25.3 Å². The molecule has 0 amide bonds. The van der Waals surface area contributed by atoms with Gasteiger partial charge in [0.2, 0.25) is 0 Å². The van der Waals surface area contributed by atoms with Crippen molar-refractivity contribution < 1.29 is 9.53 Å². The maximum absolute atomic E-state index is 12.3. The normalized spacial score (nSPS) is 23.6. The van der Waals surface area contributed by atoms with Crippen molar-refractivity contribution in [1.29, 1.82) is 0 Å². The highest BCUT2D eigenvalue weighted by molar-refractivity contribution is 5.97. The molecule has 2 saturated heterocycles. The fourth-order valence-electron chi connectivity index (χ4n) is 3.43. The first-order chi connectivity index (χ1) is 10.3. The van der Waals surface area contributed by atoms with E-state index in [1.807, 2.05) is 24.3 Å². The van der Waals surface area contributed by atoms with Crippen molar-refractivity contribution in [3.63, 3.8) is 0 Å². The molecule has 2 aliphatic rings. The van der Waals surface area contributed by atoms with Gasteiger partial charge in [0, 0.05) is 24.7 Å². The molecule has 0 spiro atoms. The van der Waals surface area contributed by atoms with E-state index in [0.717, 1.165) is 24.4 Å². The Kier molecular flexibility index (Phi) is 4.56. The minimum atomic E-state index is 0.208. The maximum Gasteiger partial charge on any atom is 0.176 e. The lowest BCUT2D eigenvalue weighted by Crippen LogP contribution is -2.36. The average molecular weight is 288 g/mol. The SMILES string of the molecule is COc1ccc(C(=O)CN2CCC(N3CCCC3)C2)cc1. The molecule has 0 saturated carbocycles. The van der Waals surface area contributed by atoms with Crippen molar-refractivity contribution in [2.75, 3.05) is 39.8 Å². The molecule has 0 N–H and O–H groups in total. The van der Waals surface area contributed by atoms with Crippen LogP contribution in [0.3, 0.4) is 0 Å². The summed E-state index contributed by atoms with van der Waals surface area (Å²) in [4.78, 5) is 17.2. The molecule has 21 heavy (non-hydrogen) atoms. The molecular formula is C17H24N2O2. The second kappa shape index (κ2) is 6.58. The summed E-state index contributed by atoms with van der Waals surface area (Å²) in [5.41, 5.74) is 0.778. The van der Waals surface area contributed by atoms with Crippen LogP contribution in [-0.2, 0) is 0 Å². The predicted octanol–water partition coefficient (Wildman–Crippen LogP) is 2.05. The molecule has 0 aromatic heterocycles. The average Bonchev–Trinajstić information content (AvgIpc) is 3.18. The van der Waals surface area contributed by atoms with Gasteiger partial charge >= 0.3 is 0 Å². The minimum Gasteiger partial charge on any atom is -0.497 e. The minimum absolute atomic E-state index is 0.208. The number of carbonyl (C=O) groups excluding carboxylic acids is 1. The summed E-state index contributed by atoms with van der Waals surface area (Å²) < 4.78 is 5.13. The van der Waals surface area contributed by atoms with Crippen LogP contribution in [0.2, 0.25) is 0 Å². The summed E-state index contributed by atoms with van der Waals surface area (Å²) in [6.07, 6.45) is 3.87. The van der Waals surface area contributed by atoms with E-state index in [4.69, 9.17) is 4.74 Å². The maximum atomic E-state index is 12.3. The summed E-state index contributed by atoms with van der Waals surface area (Å²) in [5, 5.41) is 0. The van der Waals surface area contributed by atoms with E-state index in [1.54, 1.807) is 7.11 Å². The Morgan fingerprint density at radius 2 is 1.90 bits per heavy atom. The van der Waals surface area contributed by atoms with Gasteiger partial charge in [-0.15, -0.1) is 0 Å². The van der Waals surface area contributed by atoms with E-state index in [0.29, 0.717) is 12.6 Å². The number of likely N-dealkylation sites (tertiary alicyclic amines) is 2. The van der Waals surface area contributed by atoms with Gasteiger partial charge in [-0.25, -0.2) is 0 Å². The fraction of sp³-hybridized carbons (Fsp3) is 0.588. The van der Waals surface area contributed by atoms with Gasteiger partial charge in [0.25, 0.3) is 0 Å². The Morgan fingerprint density at radius 3 is 2.57 bits per heavy atom. The van der Waals surface area contributed by atoms with Gasteiger partial charge < -0.3 is 4.74 Å². The first-order valence-corrected chi connectivity index (χ1v) is 7.90. The number of hydrogen-bond donors (Lipinski definition) is 0. The Morgan fingerprint density at radius 1 is 1.19 bits per heavy atom. The number of hydrogen-bond acceptors (Lipinski definition) is 4. The Labute approximate surface area is 126 Å². The first-order valence-electron chi connectivity index (χ1n) is 7.90. The monoisotopic (exact) mass is 288 g/mol. The molecule has 4 nitrogen and oxygen atoms in total. The molecule has 114 valence electrons. The molecule has 0 radical (unpaired) electrons. The van der Waals surface area contributed by atoms with E-state index >= 15 is 0 Å². The summed E-state index contributed by atoms with van der Waals surface area (Å²) >= 11 is 0. The van der Waals surface area contributed by atoms with Crippen molar-refractivity contribution in [1.82, 2.24) is 9.80 Å². The molecule has 0 aliphatic carbocycles. The third-order valence-electron chi connectivity index (χ3n) is 4.68. The summed E-state index contributed by atoms with van der Waals surface area (Å²) in [5.74, 6) is 1.00. The molecule has 4 heteroatoms. The second-order valence-corrected chi connectivity index (χ2v) is 6.07. The molecule has 1 aromatic carbocycles. The van der Waals surface area contributed by atoms with Crippen LogP contribution in [0.4, 0.5) is 0 Å². The lowest BCUT2D eigenvalue weighted by Gasteiger charge is -2.23. The van der Waals surface area contributed by atoms with Gasteiger partial charge in [-0.05, 0) is 56.6 Å². The smallest absolute Gasteiger partial charge is 0.176 e. The highest BCUT2D eigenvalue weighted by atomic mass is 16.5. The number of ketones is 1. The zero-order valence-corrected chi connectivity index (χ0v) is 12.8. The fourth-order valence-corrected chi connectivity index (χ4v) is 3.43. The number of ether oxygens (including phenoxy) is 1. The zero-order chi connectivity index (χ0) is 14.7. The first kappa shape index (κ1) is 14.5. The molecule has 2 aliphatic heterocycles. The van der Waals surface area contributed by atoms with E-state index in [9.17, 15) is 4.79 Å². The third kappa shape index (κ3) is 3.44. The van der Waals surface area contributed by atoms with Gasteiger partial charge in [-0.1, -0.05) is 0 Å². The Bertz CT molecular complexity index is 480. The summed E-state index contributed by atoms with van der Waals surface area (Å²) in [6, 6.07) is 8.08. The highest BCUT2D eigenvalue weighted by Gasteiger charge is 2.29. The van der Waals surface area contributed by atoms with E-state index in [2.05, 4.69) is 9.80 Å². The van der Waals surface area contributed by atoms with Crippen LogP contribution >= 0.6 is 0 Å². The zero-order valence-electron chi connectivity index (χ0n) is 12.8. The van der Waals surface area contributed by atoms with E-state index < -0.39 is 0 Å². The van der Waals surface area contributed by atoms with Crippen LogP contribution in [0.15, 0.2) is 24.3 Å². The van der Waals surface area contributed by atoms with Crippen LogP contribution in [0.1, 0.15) is 29.6 Å². The van der Waals surface area contributed by atoms with Crippen LogP contribution in [0.25, 0.3) is 0 Å². The van der Waals surface area contributed by atoms with Gasteiger partial charge in [0.05, 0.1) is 13.7 Å². The van der Waals surface area contributed by atoms with Gasteiger partial charge in [-0.3, -0.25) is 14.6 Å². The van der Waals surface area contributed by atoms with Crippen molar-refractivity contribution >= 4 is 5.78 Å². The summed E-state index contributed by atoms with van der Waals surface area (Å²) in [6.45, 7) is 5.11. The van der Waals surface area contributed by atoms with Crippen molar-refractivity contribution in [3.05, 3.63) is 29.8 Å². The van der Waals surface area contributed by atoms with Crippen molar-refractivity contribution in [3.8, 4) is 5.75 Å². The number of rotatable bonds is 5. The molecule has 1 aromatic rings. The van der Waals surface area contributed by atoms with Crippen LogP contribution in [0, 0.1) is 0 Å². The third-order valence-corrected chi connectivity index (χ3v) is 4.68. The lowest BCUT2D eigenvalue weighted by atomic mass is 10.1. The molecule has 0 bridgehead atoms.